The van der Waals surface area contributed by atoms with Gasteiger partial charge in [0.1, 0.15) is 17.4 Å². The Kier molecular flexibility index (Phi) is 7.27. The Morgan fingerprint density at radius 2 is 1.83 bits per heavy atom. The van der Waals surface area contributed by atoms with Crippen LogP contribution in [0.5, 0.6) is 5.75 Å². The van der Waals surface area contributed by atoms with E-state index in [1.54, 1.807) is 0 Å². The molecule has 162 valence electrons. The average molecular weight is 459 g/mol. The molecule has 1 aliphatic carbocycles. The van der Waals surface area contributed by atoms with Gasteiger partial charge in [-0.2, -0.15) is 0 Å². The first kappa shape index (κ1) is 22.5. The van der Waals surface area contributed by atoms with Gasteiger partial charge in [-0.15, -0.1) is 0 Å². The molecule has 0 radical (unpaired) electrons. The van der Waals surface area contributed by atoms with Gasteiger partial charge in [0.2, 0.25) is 10.0 Å². The standard InChI is InChI=1S/C20H21ClF2N2O4S/c21-16-11-15(30(27,28)25-14-4-2-1-3-5-14)7-9-19(16)29-12-20(26)24-18-8-6-13(22)10-17(18)23/h6-11,14,25H,1-5,12H2,(H,24,26). The first-order valence-electron chi connectivity index (χ1n) is 9.44. The molecule has 3 rings (SSSR count). The molecule has 0 heterocycles. The van der Waals surface area contributed by atoms with E-state index in [-0.39, 0.29) is 27.4 Å². The van der Waals surface area contributed by atoms with E-state index < -0.39 is 34.2 Å². The van der Waals surface area contributed by atoms with Crippen LogP contribution in [-0.4, -0.2) is 27.0 Å². The number of nitrogens with one attached hydrogen (secondary N) is 2. The fourth-order valence-electron chi connectivity index (χ4n) is 3.19. The summed E-state index contributed by atoms with van der Waals surface area (Å²) in [5.74, 6) is -2.27. The van der Waals surface area contributed by atoms with Gasteiger partial charge in [-0.25, -0.2) is 21.9 Å². The number of carbonyl (C=O) groups excluding carboxylic acids is 1. The maximum absolute atomic E-state index is 13.6. The van der Waals surface area contributed by atoms with Crippen molar-refractivity contribution in [1.29, 1.82) is 0 Å². The molecule has 0 atom stereocenters. The topological polar surface area (TPSA) is 84.5 Å². The molecular formula is C20H21ClF2N2O4S. The molecule has 0 saturated heterocycles. The van der Waals surface area contributed by atoms with Crippen LogP contribution in [0.1, 0.15) is 32.1 Å². The summed E-state index contributed by atoms with van der Waals surface area (Å²) in [6, 6.07) is 6.60. The Morgan fingerprint density at radius 1 is 1.10 bits per heavy atom. The predicted molar refractivity (Wildman–Crippen MR) is 109 cm³/mol. The first-order chi connectivity index (χ1) is 14.2. The number of hydrogen-bond acceptors (Lipinski definition) is 4. The fraction of sp³-hybridized carbons (Fsp3) is 0.350. The minimum absolute atomic E-state index is 0.00302. The van der Waals surface area contributed by atoms with Crippen LogP contribution >= 0.6 is 11.6 Å². The molecule has 1 fully saturated rings. The van der Waals surface area contributed by atoms with Gasteiger partial charge in [0, 0.05) is 12.1 Å². The lowest BCUT2D eigenvalue weighted by atomic mass is 9.96. The van der Waals surface area contributed by atoms with Gasteiger partial charge in [0.25, 0.3) is 5.91 Å². The molecule has 0 bridgehead atoms. The Morgan fingerprint density at radius 3 is 2.50 bits per heavy atom. The molecule has 1 aliphatic rings. The number of anilines is 1. The van der Waals surface area contributed by atoms with E-state index in [4.69, 9.17) is 16.3 Å². The second kappa shape index (κ2) is 9.72. The number of halogens is 3. The molecule has 0 spiro atoms. The number of amides is 1. The normalized spacial score (nSPS) is 15.0. The summed E-state index contributed by atoms with van der Waals surface area (Å²) >= 11 is 6.11. The van der Waals surface area contributed by atoms with Crippen molar-refractivity contribution in [1.82, 2.24) is 4.72 Å². The highest BCUT2D eigenvalue weighted by Crippen LogP contribution is 2.28. The maximum Gasteiger partial charge on any atom is 0.262 e. The predicted octanol–water partition coefficient (Wildman–Crippen LogP) is 4.25. The van der Waals surface area contributed by atoms with Crippen molar-refractivity contribution < 1.29 is 26.7 Å². The second-order valence-corrected chi connectivity index (χ2v) is 9.13. The van der Waals surface area contributed by atoms with Crippen LogP contribution < -0.4 is 14.8 Å². The van der Waals surface area contributed by atoms with Crippen molar-refractivity contribution >= 4 is 33.2 Å². The zero-order valence-electron chi connectivity index (χ0n) is 16.0. The molecule has 30 heavy (non-hydrogen) atoms. The van der Waals surface area contributed by atoms with E-state index in [1.807, 2.05) is 0 Å². The smallest absolute Gasteiger partial charge is 0.262 e. The lowest BCUT2D eigenvalue weighted by Crippen LogP contribution is -2.36. The number of rotatable bonds is 7. The van der Waals surface area contributed by atoms with Gasteiger partial charge in [-0.3, -0.25) is 4.79 Å². The highest BCUT2D eigenvalue weighted by molar-refractivity contribution is 7.89. The zero-order chi connectivity index (χ0) is 21.7. The third-order valence-electron chi connectivity index (χ3n) is 4.70. The molecule has 0 aromatic heterocycles. The number of ether oxygens (including phenoxy) is 1. The molecular weight excluding hydrogens is 438 g/mol. The van der Waals surface area contributed by atoms with Crippen molar-refractivity contribution in [3.8, 4) is 5.75 Å². The van der Waals surface area contributed by atoms with Gasteiger partial charge < -0.3 is 10.1 Å². The van der Waals surface area contributed by atoms with Crippen LogP contribution in [0.3, 0.4) is 0 Å². The third-order valence-corrected chi connectivity index (χ3v) is 6.52. The van der Waals surface area contributed by atoms with Gasteiger partial charge in [0.15, 0.2) is 6.61 Å². The maximum atomic E-state index is 13.6. The molecule has 1 saturated carbocycles. The second-order valence-electron chi connectivity index (χ2n) is 7.01. The summed E-state index contributed by atoms with van der Waals surface area (Å²) in [4.78, 5) is 11.9. The lowest BCUT2D eigenvalue weighted by molar-refractivity contribution is -0.118. The Balaban J connectivity index is 1.60. The van der Waals surface area contributed by atoms with E-state index in [1.165, 1.54) is 18.2 Å². The summed E-state index contributed by atoms with van der Waals surface area (Å²) in [5, 5.41) is 2.27. The van der Waals surface area contributed by atoms with Crippen molar-refractivity contribution in [2.24, 2.45) is 0 Å². The van der Waals surface area contributed by atoms with Crippen molar-refractivity contribution in [2.45, 2.75) is 43.0 Å². The Hall–Kier alpha value is -2.23. The van der Waals surface area contributed by atoms with Crippen LogP contribution in [0.2, 0.25) is 5.02 Å². The van der Waals surface area contributed by atoms with Crippen LogP contribution in [0.4, 0.5) is 14.5 Å². The van der Waals surface area contributed by atoms with E-state index in [0.29, 0.717) is 6.07 Å². The van der Waals surface area contributed by atoms with Crippen LogP contribution in [-0.2, 0) is 14.8 Å². The summed E-state index contributed by atoms with van der Waals surface area (Å²) in [6.45, 7) is -0.497. The number of hydrogen-bond donors (Lipinski definition) is 2. The third kappa shape index (κ3) is 5.90. The monoisotopic (exact) mass is 458 g/mol. The molecule has 2 aromatic carbocycles. The van der Waals surface area contributed by atoms with Crippen LogP contribution in [0, 0.1) is 11.6 Å². The van der Waals surface area contributed by atoms with Crippen LogP contribution in [0.25, 0.3) is 0 Å². The molecule has 10 heteroatoms. The zero-order valence-corrected chi connectivity index (χ0v) is 17.5. The van der Waals surface area contributed by atoms with E-state index in [0.717, 1.165) is 44.2 Å². The summed E-state index contributed by atoms with van der Waals surface area (Å²) in [7, 11) is -3.72. The number of carbonyl (C=O) groups is 1. The molecule has 0 unspecified atom stereocenters. The summed E-state index contributed by atoms with van der Waals surface area (Å²) in [5.41, 5.74) is -0.189. The fourth-order valence-corrected chi connectivity index (χ4v) is 4.82. The summed E-state index contributed by atoms with van der Waals surface area (Å²) in [6.07, 6.45) is 4.70. The molecule has 1 amide bonds. The number of benzene rings is 2. The largest absolute Gasteiger partial charge is 0.482 e. The van der Waals surface area contributed by atoms with Gasteiger partial charge >= 0.3 is 0 Å². The Bertz CT molecular complexity index is 1030. The lowest BCUT2D eigenvalue weighted by Gasteiger charge is -2.22. The Labute approximate surface area is 178 Å². The molecule has 6 nitrogen and oxygen atoms in total. The van der Waals surface area contributed by atoms with Crippen LogP contribution in [0.15, 0.2) is 41.3 Å². The minimum atomic E-state index is -3.72. The summed E-state index contributed by atoms with van der Waals surface area (Å²) < 4.78 is 59.6. The average Bonchev–Trinajstić information content (AvgIpc) is 2.69. The van der Waals surface area contributed by atoms with E-state index >= 15 is 0 Å². The van der Waals surface area contributed by atoms with E-state index in [2.05, 4.69) is 10.0 Å². The van der Waals surface area contributed by atoms with Crippen molar-refractivity contribution in [2.75, 3.05) is 11.9 Å². The van der Waals surface area contributed by atoms with E-state index in [9.17, 15) is 22.0 Å². The highest BCUT2D eigenvalue weighted by Gasteiger charge is 2.22. The molecule has 2 aromatic rings. The van der Waals surface area contributed by atoms with Crippen molar-refractivity contribution in [3.63, 3.8) is 0 Å². The van der Waals surface area contributed by atoms with Gasteiger partial charge in [-0.05, 0) is 43.2 Å². The molecule has 2 N–H and O–H groups in total. The SMILES string of the molecule is O=C(COc1ccc(S(=O)(=O)NC2CCCCC2)cc1Cl)Nc1ccc(F)cc1F. The quantitative estimate of drug-likeness (QED) is 0.649. The first-order valence-corrected chi connectivity index (χ1v) is 11.3. The van der Waals surface area contributed by atoms with Crippen molar-refractivity contribution in [3.05, 3.63) is 53.1 Å². The van der Waals surface area contributed by atoms with Gasteiger partial charge in [-0.1, -0.05) is 30.9 Å². The minimum Gasteiger partial charge on any atom is -0.482 e. The highest BCUT2D eigenvalue weighted by atomic mass is 35.5. The van der Waals surface area contributed by atoms with Gasteiger partial charge in [0.05, 0.1) is 15.6 Å². The number of sulfonamides is 1. The molecule has 0 aliphatic heterocycles.